The third-order valence-corrected chi connectivity index (χ3v) is 1.90. The summed E-state index contributed by atoms with van der Waals surface area (Å²) in [5, 5.41) is 9.27. The molecule has 0 aromatic rings. The molecule has 0 rings (SSSR count). The molecule has 0 aliphatic carbocycles. The number of hydrogen-bond donors (Lipinski definition) is 1. The van der Waals surface area contributed by atoms with E-state index in [1.54, 1.807) is 13.8 Å². The van der Waals surface area contributed by atoms with Crippen molar-refractivity contribution in [1.29, 1.82) is 0 Å². The molecule has 0 saturated heterocycles. The van der Waals surface area contributed by atoms with Crippen LogP contribution in [0.3, 0.4) is 0 Å². The Morgan fingerprint density at radius 2 is 1.92 bits per heavy atom. The van der Waals surface area contributed by atoms with Gasteiger partial charge in [-0.1, -0.05) is 17.7 Å². The summed E-state index contributed by atoms with van der Waals surface area (Å²) in [6, 6.07) is 0. The van der Waals surface area contributed by atoms with Gasteiger partial charge in [-0.25, -0.2) is 8.78 Å². The summed E-state index contributed by atoms with van der Waals surface area (Å²) in [6.07, 6.45) is 1.80. The summed E-state index contributed by atoms with van der Waals surface area (Å²) in [5.74, 6) is -3.16. The van der Waals surface area contributed by atoms with E-state index in [1.165, 1.54) is 6.08 Å². The van der Waals surface area contributed by atoms with E-state index >= 15 is 0 Å². The van der Waals surface area contributed by atoms with Crippen LogP contribution < -0.4 is 0 Å². The van der Waals surface area contributed by atoms with Crippen LogP contribution in [-0.2, 0) is 0 Å². The van der Waals surface area contributed by atoms with E-state index < -0.39 is 17.9 Å². The number of allylic oxidation sites excluding steroid dienone is 2. The average Bonchev–Trinajstić information content (AvgIpc) is 2.01. The first-order chi connectivity index (χ1) is 5.73. The van der Waals surface area contributed by atoms with Crippen molar-refractivity contribution < 1.29 is 13.9 Å². The monoisotopic (exact) mass is 190 g/mol. The van der Waals surface area contributed by atoms with E-state index in [4.69, 9.17) is 0 Å². The Morgan fingerprint density at radius 3 is 2.23 bits per heavy atom. The molecule has 0 unspecified atom stereocenters. The van der Waals surface area contributed by atoms with E-state index in [9.17, 15) is 13.9 Å². The molecule has 76 valence electrons. The highest BCUT2D eigenvalue weighted by molar-refractivity contribution is 5.07. The van der Waals surface area contributed by atoms with Crippen LogP contribution in [0.2, 0.25) is 0 Å². The largest absolute Gasteiger partial charge is 0.380 e. The lowest BCUT2D eigenvalue weighted by atomic mass is 9.95. The van der Waals surface area contributed by atoms with E-state index in [1.807, 2.05) is 0 Å². The summed E-state index contributed by atoms with van der Waals surface area (Å²) in [5.41, 5.74) is -1.33. The van der Waals surface area contributed by atoms with Crippen LogP contribution in [0.4, 0.5) is 8.78 Å². The van der Waals surface area contributed by atoms with Crippen molar-refractivity contribution in [2.75, 3.05) is 0 Å². The number of rotatable bonds is 4. The smallest absolute Gasteiger partial charge is 0.282 e. The fourth-order valence-electron chi connectivity index (χ4n) is 0.688. The highest BCUT2D eigenvalue weighted by Gasteiger charge is 2.45. The van der Waals surface area contributed by atoms with Gasteiger partial charge in [-0.2, -0.15) is 0 Å². The minimum absolute atomic E-state index is 0.464. The van der Waals surface area contributed by atoms with E-state index in [-0.39, 0.29) is 0 Å². The minimum Gasteiger partial charge on any atom is -0.380 e. The van der Waals surface area contributed by atoms with Gasteiger partial charge in [0.15, 0.2) is 0 Å². The molecule has 0 bridgehead atoms. The van der Waals surface area contributed by atoms with E-state index in [0.717, 1.165) is 18.6 Å². The zero-order chi connectivity index (χ0) is 10.7. The van der Waals surface area contributed by atoms with Gasteiger partial charge in [0.25, 0.3) is 5.92 Å². The molecule has 1 N–H and O–H groups in total. The van der Waals surface area contributed by atoms with Gasteiger partial charge >= 0.3 is 0 Å². The number of hydrogen-bond acceptors (Lipinski definition) is 1. The van der Waals surface area contributed by atoms with Crippen LogP contribution in [0.1, 0.15) is 27.2 Å². The molecule has 0 saturated carbocycles. The standard InChI is InChI=1S/C10H16F2O/c1-5-9(4,13)10(11,12)7-6-8(2)3/h5-6,13H,1,7H2,2-4H3/t9-/m0/s1. The van der Waals surface area contributed by atoms with Crippen LogP contribution in [0.5, 0.6) is 0 Å². The first-order valence-corrected chi connectivity index (χ1v) is 4.10. The van der Waals surface area contributed by atoms with Crippen molar-refractivity contribution in [1.82, 2.24) is 0 Å². The summed E-state index contributed by atoms with van der Waals surface area (Å²) in [7, 11) is 0. The van der Waals surface area contributed by atoms with Crippen LogP contribution in [-0.4, -0.2) is 16.6 Å². The molecule has 0 fully saturated rings. The van der Waals surface area contributed by atoms with Crippen molar-refractivity contribution in [3.05, 3.63) is 24.3 Å². The third-order valence-electron chi connectivity index (χ3n) is 1.90. The quantitative estimate of drug-likeness (QED) is 0.676. The molecule has 0 spiro atoms. The zero-order valence-electron chi connectivity index (χ0n) is 8.27. The molecule has 13 heavy (non-hydrogen) atoms. The van der Waals surface area contributed by atoms with Crippen LogP contribution >= 0.6 is 0 Å². The van der Waals surface area contributed by atoms with Gasteiger partial charge in [0, 0.05) is 6.42 Å². The summed E-state index contributed by atoms with van der Waals surface area (Å²) in [6.45, 7) is 7.70. The fourth-order valence-corrected chi connectivity index (χ4v) is 0.688. The second-order valence-electron chi connectivity index (χ2n) is 3.54. The van der Waals surface area contributed by atoms with E-state index in [0.29, 0.717) is 0 Å². The topological polar surface area (TPSA) is 20.2 Å². The van der Waals surface area contributed by atoms with Crippen molar-refractivity contribution in [2.24, 2.45) is 0 Å². The summed E-state index contributed by atoms with van der Waals surface area (Å²) < 4.78 is 26.4. The summed E-state index contributed by atoms with van der Waals surface area (Å²) >= 11 is 0. The Balaban J connectivity index is 4.57. The second-order valence-corrected chi connectivity index (χ2v) is 3.54. The lowest BCUT2D eigenvalue weighted by molar-refractivity contribution is -0.141. The van der Waals surface area contributed by atoms with Crippen LogP contribution in [0, 0.1) is 0 Å². The molecule has 0 radical (unpaired) electrons. The fraction of sp³-hybridized carbons (Fsp3) is 0.600. The minimum atomic E-state index is -3.16. The molecular formula is C10H16F2O. The molecule has 0 aromatic heterocycles. The molecule has 0 heterocycles. The molecular weight excluding hydrogens is 174 g/mol. The predicted molar refractivity (Wildman–Crippen MR) is 49.8 cm³/mol. The Morgan fingerprint density at radius 1 is 1.46 bits per heavy atom. The van der Waals surface area contributed by atoms with Gasteiger partial charge in [-0.15, -0.1) is 6.58 Å². The second kappa shape index (κ2) is 4.01. The lowest BCUT2D eigenvalue weighted by Gasteiger charge is -2.28. The SMILES string of the molecule is C=C[C@](C)(O)C(F)(F)CC=C(C)C. The van der Waals surface area contributed by atoms with Gasteiger partial charge in [-0.05, 0) is 20.8 Å². The van der Waals surface area contributed by atoms with Crippen LogP contribution in [0.25, 0.3) is 0 Å². The molecule has 0 aliphatic rings. The highest BCUT2D eigenvalue weighted by atomic mass is 19.3. The highest BCUT2D eigenvalue weighted by Crippen LogP contribution is 2.33. The van der Waals surface area contributed by atoms with Crippen LogP contribution in [0.15, 0.2) is 24.3 Å². The number of alkyl halides is 2. The maximum Gasteiger partial charge on any atom is 0.282 e. The Labute approximate surface area is 77.8 Å². The molecule has 1 nitrogen and oxygen atoms in total. The molecule has 1 atom stereocenters. The Hall–Kier alpha value is -0.700. The van der Waals surface area contributed by atoms with Crippen molar-refractivity contribution in [2.45, 2.75) is 38.7 Å². The Kier molecular flexibility index (Phi) is 3.79. The van der Waals surface area contributed by atoms with Gasteiger partial charge in [0.05, 0.1) is 0 Å². The van der Waals surface area contributed by atoms with E-state index in [2.05, 4.69) is 6.58 Å². The average molecular weight is 190 g/mol. The maximum absolute atomic E-state index is 13.2. The van der Waals surface area contributed by atoms with Gasteiger partial charge in [0.1, 0.15) is 5.60 Å². The number of aliphatic hydroxyl groups is 1. The number of halogens is 2. The van der Waals surface area contributed by atoms with Gasteiger partial charge < -0.3 is 5.11 Å². The summed E-state index contributed by atoms with van der Waals surface area (Å²) in [4.78, 5) is 0. The maximum atomic E-state index is 13.2. The Bertz CT molecular complexity index is 213. The van der Waals surface area contributed by atoms with Gasteiger partial charge in [-0.3, -0.25) is 0 Å². The first-order valence-electron chi connectivity index (χ1n) is 4.10. The molecule has 0 amide bonds. The molecule has 3 heteroatoms. The van der Waals surface area contributed by atoms with Gasteiger partial charge in [0.2, 0.25) is 0 Å². The lowest BCUT2D eigenvalue weighted by Crippen LogP contribution is -2.43. The van der Waals surface area contributed by atoms with Crippen molar-refractivity contribution in [3.63, 3.8) is 0 Å². The molecule has 0 aromatic carbocycles. The normalized spacial score (nSPS) is 16.2. The predicted octanol–water partition coefficient (Wildman–Crippen LogP) is 2.92. The van der Waals surface area contributed by atoms with Crippen molar-refractivity contribution >= 4 is 0 Å². The third kappa shape index (κ3) is 3.27. The molecule has 0 aliphatic heterocycles. The zero-order valence-corrected chi connectivity index (χ0v) is 8.27. The first kappa shape index (κ1) is 12.3. The van der Waals surface area contributed by atoms with Crippen molar-refractivity contribution in [3.8, 4) is 0 Å².